The van der Waals surface area contributed by atoms with Crippen molar-refractivity contribution >= 4 is 23.7 Å². The van der Waals surface area contributed by atoms with Crippen LogP contribution in [0.3, 0.4) is 0 Å². The fraction of sp³-hybridized carbons (Fsp3) is 0.467. The third kappa shape index (κ3) is 5.63. The van der Waals surface area contributed by atoms with E-state index in [9.17, 15) is 14.7 Å². The molecule has 0 fully saturated rings. The average molecular weight is 314 g/mol. The first-order valence-electron chi connectivity index (χ1n) is 6.51. The van der Waals surface area contributed by atoms with E-state index in [0.717, 1.165) is 0 Å². The monoisotopic (exact) mass is 313 g/mol. The Morgan fingerprint density at radius 1 is 1.29 bits per heavy atom. The Labute approximate surface area is 129 Å². The molecule has 0 spiro atoms. The Kier molecular flexibility index (Phi) is 5.23. The number of hydrogen-bond acceptors (Lipinski definition) is 3. The molecule has 1 aromatic carbocycles. The van der Waals surface area contributed by atoms with Crippen LogP contribution < -0.4 is 5.32 Å². The van der Waals surface area contributed by atoms with Gasteiger partial charge in [0.05, 0.1) is 0 Å². The molecular weight excluding hydrogens is 294 g/mol. The summed E-state index contributed by atoms with van der Waals surface area (Å²) < 4.78 is 5.11. The Morgan fingerprint density at radius 3 is 2.38 bits per heavy atom. The van der Waals surface area contributed by atoms with E-state index in [1.807, 2.05) is 0 Å². The number of hydrogen-bond donors (Lipinski definition) is 2. The highest BCUT2D eigenvalue weighted by Crippen LogP contribution is 2.18. The van der Waals surface area contributed by atoms with E-state index in [-0.39, 0.29) is 6.42 Å². The molecule has 5 nitrogen and oxygen atoms in total. The fourth-order valence-corrected chi connectivity index (χ4v) is 1.97. The second kappa shape index (κ2) is 6.35. The standard InChI is InChI=1S/C15H20ClNO4/c1-14(2,3)21-13(20)17-15(4,12(18)19)9-10-6-5-7-11(16)8-10/h5-8H,9H2,1-4H3,(H,17,20)(H,18,19). The summed E-state index contributed by atoms with van der Waals surface area (Å²) in [6.07, 6.45) is -0.670. The first kappa shape index (κ1) is 17.3. The zero-order valence-electron chi connectivity index (χ0n) is 12.6. The molecule has 0 aliphatic rings. The normalized spacial score (nSPS) is 14.1. The van der Waals surface area contributed by atoms with E-state index in [2.05, 4.69) is 5.32 Å². The molecule has 0 heterocycles. The molecule has 21 heavy (non-hydrogen) atoms. The molecule has 1 amide bonds. The molecule has 6 heteroatoms. The lowest BCUT2D eigenvalue weighted by Crippen LogP contribution is -2.54. The number of amides is 1. The van der Waals surface area contributed by atoms with Crippen LogP contribution in [-0.2, 0) is 16.0 Å². The predicted molar refractivity (Wildman–Crippen MR) is 80.6 cm³/mol. The number of alkyl carbamates (subject to hydrolysis) is 1. The number of nitrogens with one attached hydrogen (secondary N) is 1. The van der Waals surface area contributed by atoms with Gasteiger partial charge in [-0.1, -0.05) is 23.7 Å². The summed E-state index contributed by atoms with van der Waals surface area (Å²) in [5.41, 5.74) is -1.46. The van der Waals surface area contributed by atoms with Crippen LogP contribution in [0, 0.1) is 0 Å². The van der Waals surface area contributed by atoms with Crippen molar-refractivity contribution in [3.05, 3.63) is 34.9 Å². The summed E-state index contributed by atoms with van der Waals surface area (Å²) in [6, 6.07) is 6.85. The van der Waals surface area contributed by atoms with Gasteiger partial charge >= 0.3 is 12.1 Å². The molecule has 116 valence electrons. The highest BCUT2D eigenvalue weighted by atomic mass is 35.5. The Morgan fingerprint density at radius 2 is 1.90 bits per heavy atom. The number of carboxylic acids is 1. The minimum atomic E-state index is -1.48. The van der Waals surface area contributed by atoms with Crippen molar-refractivity contribution in [1.82, 2.24) is 5.32 Å². The van der Waals surface area contributed by atoms with Gasteiger partial charge in [-0.15, -0.1) is 0 Å². The molecular formula is C15H20ClNO4. The van der Waals surface area contributed by atoms with E-state index >= 15 is 0 Å². The van der Waals surface area contributed by atoms with Crippen molar-refractivity contribution in [2.75, 3.05) is 0 Å². The van der Waals surface area contributed by atoms with Gasteiger partial charge in [0.1, 0.15) is 11.1 Å². The fourth-order valence-electron chi connectivity index (χ4n) is 1.76. The average Bonchev–Trinajstić information content (AvgIpc) is 2.25. The lowest BCUT2D eigenvalue weighted by molar-refractivity contribution is -0.144. The van der Waals surface area contributed by atoms with Gasteiger partial charge in [0, 0.05) is 11.4 Å². The molecule has 0 aliphatic carbocycles. The lowest BCUT2D eigenvalue weighted by Gasteiger charge is -2.28. The van der Waals surface area contributed by atoms with Crippen molar-refractivity contribution in [3.8, 4) is 0 Å². The van der Waals surface area contributed by atoms with E-state index < -0.39 is 23.2 Å². The van der Waals surface area contributed by atoms with Gasteiger partial charge in [0.2, 0.25) is 0 Å². The Hall–Kier alpha value is -1.75. The SMILES string of the molecule is CC(C)(C)OC(=O)NC(C)(Cc1cccc(Cl)c1)C(=O)O. The van der Waals surface area contributed by atoms with Crippen molar-refractivity contribution in [2.45, 2.75) is 45.3 Å². The molecule has 1 aromatic rings. The van der Waals surface area contributed by atoms with E-state index in [1.165, 1.54) is 6.92 Å². The lowest BCUT2D eigenvalue weighted by atomic mass is 9.93. The van der Waals surface area contributed by atoms with Crippen LogP contribution in [0.15, 0.2) is 24.3 Å². The number of halogens is 1. The summed E-state index contributed by atoms with van der Waals surface area (Å²) in [6.45, 7) is 6.56. The maximum absolute atomic E-state index is 11.8. The molecule has 0 saturated heterocycles. The van der Waals surface area contributed by atoms with Gasteiger partial charge in [-0.25, -0.2) is 9.59 Å². The first-order chi connectivity index (χ1) is 9.52. The van der Waals surface area contributed by atoms with E-state index in [1.54, 1.807) is 45.0 Å². The molecule has 0 aromatic heterocycles. The number of carbonyl (C=O) groups excluding carboxylic acids is 1. The number of ether oxygens (including phenoxy) is 1. The van der Waals surface area contributed by atoms with Crippen molar-refractivity contribution in [3.63, 3.8) is 0 Å². The molecule has 1 unspecified atom stereocenters. The van der Waals surface area contributed by atoms with Gasteiger partial charge < -0.3 is 15.2 Å². The zero-order valence-corrected chi connectivity index (χ0v) is 13.3. The quantitative estimate of drug-likeness (QED) is 0.894. The van der Waals surface area contributed by atoms with Crippen molar-refractivity contribution in [2.24, 2.45) is 0 Å². The van der Waals surface area contributed by atoms with Crippen LogP contribution in [0.1, 0.15) is 33.3 Å². The molecule has 2 N–H and O–H groups in total. The van der Waals surface area contributed by atoms with Crippen LogP contribution in [0.2, 0.25) is 5.02 Å². The predicted octanol–water partition coefficient (Wildman–Crippen LogP) is 3.25. The zero-order chi connectivity index (χ0) is 16.3. The van der Waals surface area contributed by atoms with Crippen LogP contribution in [-0.4, -0.2) is 28.3 Å². The Bertz CT molecular complexity index is 539. The number of aliphatic carboxylic acids is 1. The number of carboxylic acid groups (broad SMARTS) is 1. The molecule has 0 radical (unpaired) electrons. The summed E-state index contributed by atoms with van der Waals surface area (Å²) in [5.74, 6) is -1.15. The van der Waals surface area contributed by atoms with Gasteiger partial charge in [-0.05, 0) is 45.4 Å². The van der Waals surface area contributed by atoms with Gasteiger partial charge in [0.25, 0.3) is 0 Å². The largest absolute Gasteiger partial charge is 0.480 e. The maximum Gasteiger partial charge on any atom is 0.408 e. The topological polar surface area (TPSA) is 75.6 Å². The van der Waals surface area contributed by atoms with Crippen LogP contribution in [0.4, 0.5) is 4.79 Å². The summed E-state index contributed by atoms with van der Waals surface area (Å²) in [4.78, 5) is 23.3. The van der Waals surface area contributed by atoms with Crippen LogP contribution >= 0.6 is 11.6 Å². The number of benzene rings is 1. The van der Waals surface area contributed by atoms with E-state index in [0.29, 0.717) is 10.6 Å². The van der Waals surface area contributed by atoms with Crippen LogP contribution in [0.25, 0.3) is 0 Å². The molecule has 1 rings (SSSR count). The maximum atomic E-state index is 11.8. The smallest absolute Gasteiger partial charge is 0.408 e. The number of carbonyl (C=O) groups is 2. The third-order valence-corrected chi connectivity index (χ3v) is 2.93. The van der Waals surface area contributed by atoms with Crippen LogP contribution in [0.5, 0.6) is 0 Å². The summed E-state index contributed by atoms with van der Waals surface area (Å²) in [5, 5.41) is 12.3. The second-order valence-electron chi connectivity index (χ2n) is 6.07. The first-order valence-corrected chi connectivity index (χ1v) is 6.89. The van der Waals surface area contributed by atoms with Crippen molar-refractivity contribution < 1.29 is 19.4 Å². The second-order valence-corrected chi connectivity index (χ2v) is 6.51. The van der Waals surface area contributed by atoms with Gasteiger partial charge in [-0.2, -0.15) is 0 Å². The number of rotatable bonds is 4. The summed E-state index contributed by atoms with van der Waals surface area (Å²) >= 11 is 5.89. The molecule has 0 saturated carbocycles. The van der Waals surface area contributed by atoms with Crippen molar-refractivity contribution in [1.29, 1.82) is 0 Å². The highest BCUT2D eigenvalue weighted by Gasteiger charge is 2.36. The minimum absolute atomic E-state index is 0.0993. The Balaban J connectivity index is 2.88. The minimum Gasteiger partial charge on any atom is -0.480 e. The van der Waals surface area contributed by atoms with E-state index in [4.69, 9.17) is 16.3 Å². The highest BCUT2D eigenvalue weighted by molar-refractivity contribution is 6.30. The van der Waals surface area contributed by atoms with Gasteiger partial charge in [0.15, 0.2) is 0 Å². The van der Waals surface area contributed by atoms with Gasteiger partial charge in [-0.3, -0.25) is 0 Å². The molecule has 0 bridgehead atoms. The third-order valence-electron chi connectivity index (χ3n) is 2.70. The molecule has 0 aliphatic heterocycles. The molecule has 1 atom stereocenters. The summed E-state index contributed by atoms with van der Waals surface area (Å²) in [7, 11) is 0.